The summed E-state index contributed by atoms with van der Waals surface area (Å²) in [7, 11) is -3.57. The fraction of sp³-hybridized carbons (Fsp3) is 0.467. The zero-order valence-electron chi connectivity index (χ0n) is 13.0. The van der Waals surface area contributed by atoms with Gasteiger partial charge in [-0.25, -0.2) is 8.42 Å². The fourth-order valence-corrected chi connectivity index (χ4v) is 3.87. The lowest BCUT2D eigenvalue weighted by Gasteiger charge is -2.21. The highest BCUT2D eigenvalue weighted by Crippen LogP contribution is 2.12. The molecule has 0 fully saturated rings. The predicted octanol–water partition coefficient (Wildman–Crippen LogP) is 1.82. The van der Waals surface area contributed by atoms with Crippen LogP contribution in [0.5, 0.6) is 0 Å². The first-order valence-electron chi connectivity index (χ1n) is 7.03. The second kappa shape index (κ2) is 8.31. The van der Waals surface area contributed by atoms with E-state index in [0.717, 1.165) is 4.90 Å². The molecule has 8 heteroatoms. The number of amides is 1. The van der Waals surface area contributed by atoms with Gasteiger partial charge in [0.05, 0.1) is 5.75 Å². The highest BCUT2D eigenvalue weighted by molar-refractivity contribution is 7.92. The SMILES string of the molecule is CC(C)CS(=O)(=O)CC(=O)N(CC(=O)O)Cc1ccc(Cl)cc1. The molecule has 128 valence electrons. The van der Waals surface area contributed by atoms with Crippen molar-refractivity contribution in [2.45, 2.75) is 20.4 Å². The first-order chi connectivity index (χ1) is 10.6. The molecule has 1 N–H and O–H groups in total. The largest absolute Gasteiger partial charge is 0.480 e. The molecule has 1 aromatic carbocycles. The van der Waals surface area contributed by atoms with Gasteiger partial charge in [-0.3, -0.25) is 9.59 Å². The van der Waals surface area contributed by atoms with Crippen molar-refractivity contribution in [3.8, 4) is 0 Å². The molecule has 0 radical (unpaired) electrons. The maximum atomic E-state index is 12.2. The number of carboxylic acids is 1. The number of hydrogen-bond donors (Lipinski definition) is 1. The van der Waals surface area contributed by atoms with Gasteiger partial charge in [-0.05, 0) is 23.6 Å². The van der Waals surface area contributed by atoms with E-state index >= 15 is 0 Å². The van der Waals surface area contributed by atoms with E-state index < -0.39 is 34.0 Å². The number of carbonyl (C=O) groups excluding carboxylic acids is 1. The van der Waals surface area contributed by atoms with E-state index in [2.05, 4.69) is 0 Å². The van der Waals surface area contributed by atoms with Gasteiger partial charge in [0.1, 0.15) is 12.3 Å². The Hall–Kier alpha value is -1.60. The van der Waals surface area contributed by atoms with Crippen LogP contribution >= 0.6 is 11.6 Å². The summed E-state index contributed by atoms with van der Waals surface area (Å²) in [5.41, 5.74) is 0.672. The minimum absolute atomic E-state index is 0.0134. The van der Waals surface area contributed by atoms with Crippen molar-refractivity contribution >= 4 is 33.3 Å². The number of nitrogens with zero attached hydrogens (tertiary/aromatic N) is 1. The minimum Gasteiger partial charge on any atom is -0.480 e. The molecule has 1 rings (SSSR count). The Bertz CT molecular complexity index is 655. The maximum absolute atomic E-state index is 12.2. The van der Waals surface area contributed by atoms with Crippen molar-refractivity contribution in [3.63, 3.8) is 0 Å². The van der Waals surface area contributed by atoms with Crippen LogP contribution in [0.3, 0.4) is 0 Å². The van der Waals surface area contributed by atoms with Crippen LogP contribution in [0.15, 0.2) is 24.3 Å². The number of sulfone groups is 1. The zero-order valence-corrected chi connectivity index (χ0v) is 14.6. The number of benzene rings is 1. The van der Waals surface area contributed by atoms with Crippen molar-refractivity contribution in [3.05, 3.63) is 34.9 Å². The highest BCUT2D eigenvalue weighted by Gasteiger charge is 2.24. The van der Waals surface area contributed by atoms with E-state index in [4.69, 9.17) is 16.7 Å². The Morgan fingerprint density at radius 3 is 2.26 bits per heavy atom. The number of aliphatic carboxylic acids is 1. The molecule has 6 nitrogen and oxygen atoms in total. The normalized spacial score (nSPS) is 11.5. The third kappa shape index (κ3) is 7.47. The average Bonchev–Trinajstić information content (AvgIpc) is 2.37. The minimum atomic E-state index is -3.57. The van der Waals surface area contributed by atoms with Gasteiger partial charge in [0, 0.05) is 11.6 Å². The topological polar surface area (TPSA) is 91.8 Å². The summed E-state index contributed by atoms with van der Waals surface area (Å²) in [5.74, 6) is -2.82. The Morgan fingerprint density at radius 2 is 1.78 bits per heavy atom. The number of carbonyl (C=O) groups is 2. The summed E-state index contributed by atoms with van der Waals surface area (Å²) in [6.45, 7) is 2.94. The average molecular weight is 362 g/mol. The van der Waals surface area contributed by atoms with Crippen molar-refractivity contribution < 1.29 is 23.1 Å². The lowest BCUT2D eigenvalue weighted by atomic mass is 10.2. The van der Waals surface area contributed by atoms with Gasteiger partial charge < -0.3 is 10.0 Å². The van der Waals surface area contributed by atoms with Crippen LogP contribution < -0.4 is 0 Å². The maximum Gasteiger partial charge on any atom is 0.323 e. The zero-order chi connectivity index (χ0) is 17.6. The number of hydrogen-bond acceptors (Lipinski definition) is 4. The third-order valence-electron chi connectivity index (χ3n) is 2.90. The monoisotopic (exact) mass is 361 g/mol. The molecule has 0 aliphatic rings. The number of carboxylic acid groups (broad SMARTS) is 1. The quantitative estimate of drug-likeness (QED) is 0.762. The van der Waals surface area contributed by atoms with Crippen molar-refractivity contribution in [1.29, 1.82) is 0 Å². The molecular formula is C15H20ClNO5S. The van der Waals surface area contributed by atoms with Gasteiger partial charge in [0.25, 0.3) is 0 Å². The Kier molecular flexibility index (Phi) is 7.02. The van der Waals surface area contributed by atoms with Crippen LogP contribution in [-0.4, -0.2) is 48.4 Å². The lowest BCUT2D eigenvalue weighted by molar-refractivity contribution is -0.143. The van der Waals surface area contributed by atoms with Gasteiger partial charge >= 0.3 is 5.97 Å². The second-order valence-electron chi connectivity index (χ2n) is 5.72. The molecule has 0 aliphatic heterocycles. The summed E-state index contributed by atoms with van der Waals surface area (Å²) in [4.78, 5) is 24.2. The molecule has 0 atom stereocenters. The van der Waals surface area contributed by atoms with E-state index in [9.17, 15) is 18.0 Å². The second-order valence-corrected chi connectivity index (χ2v) is 8.26. The third-order valence-corrected chi connectivity index (χ3v) is 5.01. The van der Waals surface area contributed by atoms with Crippen LogP contribution in [0.1, 0.15) is 19.4 Å². The molecule has 0 saturated heterocycles. The van der Waals surface area contributed by atoms with Gasteiger partial charge in [0.15, 0.2) is 9.84 Å². The Balaban J connectivity index is 2.86. The Morgan fingerprint density at radius 1 is 1.22 bits per heavy atom. The highest BCUT2D eigenvalue weighted by atomic mass is 35.5. The van der Waals surface area contributed by atoms with Gasteiger partial charge in [-0.2, -0.15) is 0 Å². The molecule has 0 heterocycles. The van der Waals surface area contributed by atoms with Gasteiger partial charge in [-0.15, -0.1) is 0 Å². The molecular weight excluding hydrogens is 342 g/mol. The van der Waals surface area contributed by atoms with E-state index in [1.165, 1.54) is 0 Å². The van der Waals surface area contributed by atoms with Crippen LogP contribution in [-0.2, 0) is 26.0 Å². The summed E-state index contributed by atoms with van der Waals surface area (Å²) in [6.07, 6.45) is 0. The van der Waals surface area contributed by atoms with Gasteiger partial charge in [0.2, 0.25) is 5.91 Å². The van der Waals surface area contributed by atoms with E-state index in [1.54, 1.807) is 38.1 Å². The molecule has 1 aromatic rings. The standard InChI is InChI=1S/C15H20ClNO5S/c1-11(2)9-23(21,22)10-14(18)17(8-15(19)20)7-12-3-5-13(16)6-4-12/h3-6,11H,7-10H2,1-2H3,(H,19,20). The molecule has 1 amide bonds. The molecule has 0 spiro atoms. The summed E-state index contributed by atoms with van der Waals surface area (Å²) >= 11 is 5.78. The number of rotatable bonds is 8. The molecule has 23 heavy (non-hydrogen) atoms. The van der Waals surface area contributed by atoms with Crippen molar-refractivity contribution in [2.24, 2.45) is 5.92 Å². The first-order valence-corrected chi connectivity index (χ1v) is 9.23. The van der Waals surface area contributed by atoms with E-state index in [0.29, 0.717) is 10.6 Å². The van der Waals surface area contributed by atoms with Crippen LogP contribution in [0.2, 0.25) is 5.02 Å². The van der Waals surface area contributed by atoms with Crippen LogP contribution in [0, 0.1) is 5.92 Å². The van der Waals surface area contributed by atoms with E-state index in [1.807, 2.05) is 0 Å². The summed E-state index contributed by atoms with van der Waals surface area (Å²) in [5, 5.41) is 9.45. The molecule has 0 aliphatic carbocycles. The first kappa shape index (κ1) is 19.4. The van der Waals surface area contributed by atoms with Crippen LogP contribution in [0.4, 0.5) is 0 Å². The summed E-state index contributed by atoms with van der Waals surface area (Å²) in [6, 6.07) is 6.56. The van der Waals surface area contributed by atoms with Crippen molar-refractivity contribution in [1.82, 2.24) is 4.90 Å². The van der Waals surface area contributed by atoms with Gasteiger partial charge in [-0.1, -0.05) is 37.6 Å². The summed E-state index contributed by atoms with van der Waals surface area (Å²) < 4.78 is 23.9. The molecule has 0 unspecified atom stereocenters. The molecule has 0 bridgehead atoms. The van der Waals surface area contributed by atoms with E-state index in [-0.39, 0.29) is 18.2 Å². The predicted molar refractivity (Wildman–Crippen MR) is 88.0 cm³/mol. The molecule has 0 saturated carbocycles. The fourth-order valence-electron chi connectivity index (χ4n) is 2.05. The van der Waals surface area contributed by atoms with Crippen LogP contribution in [0.25, 0.3) is 0 Å². The molecule has 0 aromatic heterocycles. The Labute approximate surface area is 141 Å². The lowest BCUT2D eigenvalue weighted by Crippen LogP contribution is -2.39. The number of halogens is 1. The smallest absolute Gasteiger partial charge is 0.323 e. The van der Waals surface area contributed by atoms with Crippen molar-refractivity contribution in [2.75, 3.05) is 18.1 Å².